The number of hydrogen-bond acceptors (Lipinski definition) is 2. The first-order valence-corrected chi connectivity index (χ1v) is 4.77. The SMILES string of the molecule is CC(C(=O)O)C1CCC(C)(C)CO1. The number of hydrogen-bond donors (Lipinski definition) is 1. The van der Waals surface area contributed by atoms with E-state index >= 15 is 0 Å². The van der Waals surface area contributed by atoms with Gasteiger partial charge in [0.15, 0.2) is 0 Å². The summed E-state index contributed by atoms with van der Waals surface area (Å²) < 4.78 is 5.54. The highest BCUT2D eigenvalue weighted by Gasteiger charge is 2.32. The molecule has 0 aromatic rings. The largest absolute Gasteiger partial charge is 0.481 e. The van der Waals surface area contributed by atoms with Crippen LogP contribution in [0.3, 0.4) is 0 Å². The number of carboxylic acid groups (broad SMARTS) is 1. The highest BCUT2D eigenvalue weighted by atomic mass is 16.5. The molecule has 1 aliphatic rings. The first kappa shape index (κ1) is 10.5. The van der Waals surface area contributed by atoms with E-state index in [9.17, 15) is 4.79 Å². The van der Waals surface area contributed by atoms with Gasteiger partial charge in [0, 0.05) is 0 Å². The number of ether oxygens (including phenoxy) is 1. The Balaban J connectivity index is 2.45. The normalized spacial score (nSPS) is 29.6. The molecular formula is C10H18O3. The smallest absolute Gasteiger partial charge is 0.308 e. The molecule has 13 heavy (non-hydrogen) atoms. The van der Waals surface area contributed by atoms with Crippen molar-refractivity contribution in [2.45, 2.75) is 39.7 Å². The van der Waals surface area contributed by atoms with Crippen LogP contribution in [0, 0.1) is 11.3 Å². The van der Waals surface area contributed by atoms with Crippen molar-refractivity contribution in [3.63, 3.8) is 0 Å². The van der Waals surface area contributed by atoms with Crippen LogP contribution in [0.5, 0.6) is 0 Å². The molecule has 0 saturated carbocycles. The van der Waals surface area contributed by atoms with Crippen LogP contribution in [0.15, 0.2) is 0 Å². The molecule has 0 amide bonds. The molecule has 1 rings (SSSR count). The summed E-state index contributed by atoms with van der Waals surface area (Å²) in [6, 6.07) is 0. The third kappa shape index (κ3) is 2.69. The lowest BCUT2D eigenvalue weighted by Gasteiger charge is -2.35. The fourth-order valence-electron chi connectivity index (χ4n) is 1.57. The Morgan fingerprint density at radius 2 is 2.23 bits per heavy atom. The van der Waals surface area contributed by atoms with Gasteiger partial charge in [0.1, 0.15) is 0 Å². The number of aliphatic carboxylic acids is 1. The number of carbonyl (C=O) groups is 1. The molecule has 1 fully saturated rings. The average Bonchev–Trinajstić information content (AvgIpc) is 2.03. The molecule has 2 unspecified atom stereocenters. The summed E-state index contributed by atoms with van der Waals surface area (Å²) in [5.41, 5.74) is 0.217. The summed E-state index contributed by atoms with van der Waals surface area (Å²) >= 11 is 0. The fraction of sp³-hybridized carbons (Fsp3) is 0.900. The van der Waals surface area contributed by atoms with Crippen LogP contribution < -0.4 is 0 Å². The van der Waals surface area contributed by atoms with Gasteiger partial charge in [0.2, 0.25) is 0 Å². The van der Waals surface area contributed by atoms with Gasteiger partial charge < -0.3 is 9.84 Å². The maximum atomic E-state index is 10.7. The molecule has 0 aliphatic carbocycles. The molecule has 0 radical (unpaired) electrons. The van der Waals surface area contributed by atoms with Gasteiger partial charge in [-0.1, -0.05) is 13.8 Å². The minimum Gasteiger partial charge on any atom is -0.481 e. The third-order valence-electron chi connectivity index (χ3n) is 2.74. The molecule has 0 bridgehead atoms. The van der Waals surface area contributed by atoms with Gasteiger partial charge in [-0.2, -0.15) is 0 Å². The van der Waals surface area contributed by atoms with E-state index in [2.05, 4.69) is 13.8 Å². The maximum absolute atomic E-state index is 10.7. The van der Waals surface area contributed by atoms with Crippen molar-refractivity contribution in [3.05, 3.63) is 0 Å². The molecule has 0 aromatic heterocycles. The van der Waals surface area contributed by atoms with Crippen LogP contribution in [0.2, 0.25) is 0 Å². The standard InChI is InChI=1S/C10H18O3/c1-7(9(11)12)8-4-5-10(2,3)6-13-8/h7-8H,4-6H2,1-3H3,(H,11,12). The van der Waals surface area contributed by atoms with E-state index in [0.717, 1.165) is 12.8 Å². The zero-order chi connectivity index (χ0) is 10.1. The van der Waals surface area contributed by atoms with E-state index in [1.165, 1.54) is 0 Å². The molecule has 2 atom stereocenters. The predicted octanol–water partition coefficient (Wildman–Crippen LogP) is 1.91. The van der Waals surface area contributed by atoms with Crippen LogP contribution in [-0.2, 0) is 9.53 Å². The van der Waals surface area contributed by atoms with Gasteiger partial charge in [0.25, 0.3) is 0 Å². The fourth-order valence-corrected chi connectivity index (χ4v) is 1.57. The Labute approximate surface area is 79.1 Å². The highest BCUT2D eigenvalue weighted by molar-refractivity contribution is 5.70. The zero-order valence-electron chi connectivity index (χ0n) is 8.54. The summed E-state index contributed by atoms with van der Waals surface area (Å²) in [6.45, 7) is 6.68. The van der Waals surface area contributed by atoms with Crippen LogP contribution in [0.25, 0.3) is 0 Å². The minimum atomic E-state index is -0.760. The van der Waals surface area contributed by atoms with E-state index in [1.54, 1.807) is 6.92 Å². The van der Waals surface area contributed by atoms with Gasteiger partial charge >= 0.3 is 5.97 Å². The summed E-state index contributed by atoms with van der Waals surface area (Å²) in [6.07, 6.45) is 1.82. The van der Waals surface area contributed by atoms with Gasteiger partial charge in [-0.05, 0) is 25.2 Å². The Kier molecular flexibility index (Phi) is 2.96. The molecule has 76 valence electrons. The monoisotopic (exact) mass is 186 g/mol. The molecule has 0 aromatic carbocycles. The second-order valence-corrected chi connectivity index (χ2v) is 4.68. The predicted molar refractivity (Wildman–Crippen MR) is 49.6 cm³/mol. The van der Waals surface area contributed by atoms with Crippen molar-refractivity contribution < 1.29 is 14.6 Å². The van der Waals surface area contributed by atoms with E-state index in [0.29, 0.717) is 6.61 Å². The Hall–Kier alpha value is -0.570. The van der Waals surface area contributed by atoms with E-state index < -0.39 is 5.97 Å². The molecule has 0 spiro atoms. The van der Waals surface area contributed by atoms with Crippen LogP contribution in [0.1, 0.15) is 33.6 Å². The zero-order valence-corrected chi connectivity index (χ0v) is 8.54. The quantitative estimate of drug-likeness (QED) is 0.716. The second kappa shape index (κ2) is 3.66. The first-order valence-electron chi connectivity index (χ1n) is 4.77. The lowest BCUT2D eigenvalue weighted by molar-refractivity contribution is -0.151. The Morgan fingerprint density at radius 3 is 2.62 bits per heavy atom. The number of rotatable bonds is 2. The molecule has 1 aliphatic heterocycles. The third-order valence-corrected chi connectivity index (χ3v) is 2.74. The molecule has 1 saturated heterocycles. The van der Waals surface area contributed by atoms with Crippen LogP contribution in [-0.4, -0.2) is 23.8 Å². The molecule has 3 nitrogen and oxygen atoms in total. The van der Waals surface area contributed by atoms with Crippen molar-refractivity contribution in [3.8, 4) is 0 Å². The van der Waals surface area contributed by atoms with Crippen LogP contribution in [0.4, 0.5) is 0 Å². The van der Waals surface area contributed by atoms with Crippen molar-refractivity contribution in [1.29, 1.82) is 0 Å². The van der Waals surface area contributed by atoms with Crippen molar-refractivity contribution in [1.82, 2.24) is 0 Å². The summed E-state index contributed by atoms with van der Waals surface area (Å²) in [7, 11) is 0. The van der Waals surface area contributed by atoms with Gasteiger partial charge in [-0.25, -0.2) is 0 Å². The van der Waals surface area contributed by atoms with E-state index in [-0.39, 0.29) is 17.4 Å². The van der Waals surface area contributed by atoms with Crippen LogP contribution >= 0.6 is 0 Å². The summed E-state index contributed by atoms with van der Waals surface area (Å²) in [4.78, 5) is 10.7. The maximum Gasteiger partial charge on any atom is 0.308 e. The lowest BCUT2D eigenvalue weighted by Crippen LogP contribution is -2.37. The van der Waals surface area contributed by atoms with Gasteiger partial charge in [0.05, 0.1) is 18.6 Å². The molecule has 3 heteroatoms. The minimum absolute atomic E-state index is 0.0921. The van der Waals surface area contributed by atoms with Crippen molar-refractivity contribution in [2.75, 3.05) is 6.61 Å². The summed E-state index contributed by atoms with van der Waals surface area (Å²) in [5.74, 6) is -1.14. The lowest BCUT2D eigenvalue weighted by atomic mass is 9.83. The van der Waals surface area contributed by atoms with Gasteiger partial charge in [-0.3, -0.25) is 4.79 Å². The second-order valence-electron chi connectivity index (χ2n) is 4.68. The van der Waals surface area contributed by atoms with Gasteiger partial charge in [-0.15, -0.1) is 0 Å². The van der Waals surface area contributed by atoms with Crippen molar-refractivity contribution in [2.24, 2.45) is 11.3 Å². The number of carboxylic acids is 1. The Bertz CT molecular complexity index is 188. The summed E-state index contributed by atoms with van der Waals surface area (Å²) in [5, 5.41) is 8.78. The highest BCUT2D eigenvalue weighted by Crippen LogP contribution is 2.32. The first-order chi connectivity index (χ1) is 5.92. The van der Waals surface area contributed by atoms with E-state index in [1.807, 2.05) is 0 Å². The van der Waals surface area contributed by atoms with Crippen molar-refractivity contribution >= 4 is 5.97 Å². The average molecular weight is 186 g/mol. The topological polar surface area (TPSA) is 46.5 Å². The molecule has 1 heterocycles. The molecule has 1 N–H and O–H groups in total. The molecular weight excluding hydrogens is 168 g/mol. The Morgan fingerprint density at radius 1 is 1.62 bits per heavy atom. The van der Waals surface area contributed by atoms with E-state index in [4.69, 9.17) is 9.84 Å².